The molecule has 0 saturated carbocycles. The lowest BCUT2D eigenvalue weighted by molar-refractivity contribution is 0.511. The first-order valence-electron chi connectivity index (χ1n) is 4.11. The number of sulfonamides is 1. The number of halogens is 2. The van der Waals surface area contributed by atoms with Crippen molar-refractivity contribution in [2.75, 3.05) is 17.0 Å². The van der Waals surface area contributed by atoms with Crippen molar-refractivity contribution in [1.29, 1.82) is 0 Å². The topological polar surface area (TPSA) is 72.2 Å². The Balaban J connectivity index is 2.95. The Labute approximate surface area is 86.1 Å². The zero-order chi connectivity index (χ0) is 11.5. The fraction of sp³-hybridized carbons (Fsp3) is 0.250. The molecule has 0 aliphatic carbocycles. The molecule has 3 N–H and O–H groups in total. The molecule has 0 aliphatic heterocycles. The number of rotatable bonds is 4. The third-order valence-corrected chi connectivity index (χ3v) is 2.91. The lowest BCUT2D eigenvalue weighted by Crippen LogP contribution is -2.23. The molecule has 1 aromatic carbocycles. The first-order valence-corrected chi connectivity index (χ1v) is 5.76. The second-order valence-electron chi connectivity index (χ2n) is 2.81. The van der Waals surface area contributed by atoms with Crippen molar-refractivity contribution in [3.05, 3.63) is 29.8 Å². The van der Waals surface area contributed by atoms with Crippen molar-refractivity contribution >= 4 is 15.7 Å². The third-order valence-electron chi connectivity index (χ3n) is 1.60. The summed E-state index contributed by atoms with van der Waals surface area (Å²) in [4.78, 5) is 0. The molecule has 0 bridgehead atoms. The van der Waals surface area contributed by atoms with Gasteiger partial charge in [-0.05, 0) is 12.1 Å². The van der Waals surface area contributed by atoms with E-state index in [1.165, 1.54) is 6.07 Å². The number of hydrogen-bond acceptors (Lipinski definition) is 3. The van der Waals surface area contributed by atoms with Gasteiger partial charge in [0.05, 0.1) is 11.4 Å². The van der Waals surface area contributed by atoms with E-state index in [1.807, 2.05) is 4.72 Å². The Kier molecular flexibility index (Phi) is 3.59. The van der Waals surface area contributed by atoms with Crippen molar-refractivity contribution in [3.8, 4) is 0 Å². The molecule has 7 heteroatoms. The molecule has 15 heavy (non-hydrogen) atoms. The van der Waals surface area contributed by atoms with E-state index in [0.717, 1.165) is 12.1 Å². The normalized spacial score (nSPS) is 11.4. The average Bonchev–Trinajstić information content (AvgIpc) is 2.12. The van der Waals surface area contributed by atoms with Crippen LogP contribution in [0.4, 0.5) is 14.5 Å². The summed E-state index contributed by atoms with van der Waals surface area (Å²) in [5.74, 6) is -2.68. The lowest BCUT2D eigenvalue weighted by Gasteiger charge is -2.07. The van der Waals surface area contributed by atoms with Gasteiger partial charge in [-0.25, -0.2) is 17.2 Å². The van der Waals surface area contributed by atoms with E-state index in [0.29, 0.717) is 0 Å². The van der Waals surface area contributed by atoms with Gasteiger partial charge in [0.2, 0.25) is 10.0 Å². The van der Waals surface area contributed by atoms with E-state index in [9.17, 15) is 17.2 Å². The van der Waals surface area contributed by atoms with Crippen LogP contribution in [0.2, 0.25) is 0 Å². The Morgan fingerprint density at radius 1 is 1.33 bits per heavy atom. The molecule has 0 aliphatic rings. The molecule has 0 heterocycles. The van der Waals surface area contributed by atoms with Gasteiger partial charge < -0.3 is 5.73 Å². The van der Waals surface area contributed by atoms with E-state index in [-0.39, 0.29) is 12.3 Å². The Bertz CT molecular complexity index is 448. The Morgan fingerprint density at radius 2 is 2.00 bits per heavy atom. The van der Waals surface area contributed by atoms with Crippen LogP contribution in [0.15, 0.2) is 18.2 Å². The summed E-state index contributed by atoms with van der Waals surface area (Å²) < 4.78 is 50.0. The van der Waals surface area contributed by atoms with E-state index in [2.05, 4.69) is 0 Å². The maximum Gasteiger partial charge on any atom is 0.234 e. The van der Waals surface area contributed by atoms with Crippen LogP contribution in [0.1, 0.15) is 0 Å². The van der Waals surface area contributed by atoms with E-state index >= 15 is 0 Å². The molecule has 1 rings (SSSR count). The maximum atomic E-state index is 13.0. The minimum absolute atomic E-state index is 0.0910. The highest BCUT2D eigenvalue weighted by Crippen LogP contribution is 2.17. The van der Waals surface area contributed by atoms with Crippen LogP contribution in [0.5, 0.6) is 0 Å². The van der Waals surface area contributed by atoms with Gasteiger partial charge in [-0.3, -0.25) is 4.72 Å². The average molecular weight is 236 g/mol. The molecule has 0 radical (unpaired) electrons. The van der Waals surface area contributed by atoms with Crippen LogP contribution >= 0.6 is 0 Å². The molecule has 0 atom stereocenters. The van der Waals surface area contributed by atoms with Gasteiger partial charge in [0.15, 0.2) is 11.6 Å². The van der Waals surface area contributed by atoms with Gasteiger partial charge in [-0.2, -0.15) is 0 Å². The highest BCUT2D eigenvalue weighted by molar-refractivity contribution is 7.92. The van der Waals surface area contributed by atoms with Crippen LogP contribution in [0, 0.1) is 11.6 Å². The second-order valence-corrected chi connectivity index (χ2v) is 4.65. The fourth-order valence-electron chi connectivity index (χ4n) is 0.956. The van der Waals surface area contributed by atoms with Crippen molar-refractivity contribution < 1.29 is 17.2 Å². The molecule has 84 valence electrons. The predicted molar refractivity (Wildman–Crippen MR) is 52.8 cm³/mol. The third kappa shape index (κ3) is 3.14. The predicted octanol–water partition coefficient (Wildman–Crippen LogP) is 0.665. The molecule has 0 saturated heterocycles. The summed E-state index contributed by atoms with van der Waals surface area (Å²) in [5, 5.41) is 0. The first kappa shape index (κ1) is 11.9. The quantitative estimate of drug-likeness (QED) is 0.806. The van der Waals surface area contributed by atoms with E-state index in [4.69, 9.17) is 5.73 Å². The zero-order valence-electron chi connectivity index (χ0n) is 7.70. The summed E-state index contributed by atoms with van der Waals surface area (Å²) in [7, 11) is -3.71. The minimum atomic E-state index is -3.71. The molecule has 1 aromatic rings. The van der Waals surface area contributed by atoms with Gasteiger partial charge >= 0.3 is 0 Å². The highest BCUT2D eigenvalue weighted by Gasteiger charge is 2.14. The summed E-state index contributed by atoms with van der Waals surface area (Å²) in [5.41, 5.74) is 4.64. The van der Waals surface area contributed by atoms with Gasteiger partial charge in [0.1, 0.15) is 0 Å². The number of benzene rings is 1. The Morgan fingerprint density at radius 3 is 2.60 bits per heavy atom. The van der Waals surface area contributed by atoms with Crippen molar-refractivity contribution in [2.24, 2.45) is 5.73 Å². The lowest BCUT2D eigenvalue weighted by atomic mass is 10.3. The van der Waals surface area contributed by atoms with Gasteiger partial charge in [-0.1, -0.05) is 6.07 Å². The SMILES string of the molecule is NCCS(=O)(=O)Nc1cccc(F)c1F. The molecule has 0 spiro atoms. The van der Waals surface area contributed by atoms with Crippen LogP contribution in [-0.2, 0) is 10.0 Å². The first-order chi connectivity index (χ1) is 6.96. The zero-order valence-corrected chi connectivity index (χ0v) is 8.52. The van der Waals surface area contributed by atoms with E-state index in [1.54, 1.807) is 0 Å². The number of anilines is 1. The second kappa shape index (κ2) is 4.54. The van der Waals surface area contributed by atoms with Crippen LogP contribution in [-0.4, -0.2) is 20.7 Å². The molecule has 4 nitrogen and oxygen atoms in total. The summed E-state index contributed by atoms with van der Waals surface area (Å²) in [6.45, 7) is -0.0910. The minimum Gasteiger partial charge on any atom is -0.329 e. The molecular formula is C8H10F2N2O2S. The fourth-order valence-corrected chi connectivity index (χ4v) is 1.86. The largest absolute Gasteiger partial charge is 0.329 e. The molecular weight excluding hydrogens is 226 g/mol. The highest BCUT2D eigenvalue weighted by atomic mass is 32.2. The smallest absolute Gasteiger partial charge is 0.234 e. The monoisotopic (exact) mass is 236 g/mol. The molecule has 0 aromatic heterocycles. The number of nitrogens with one attached hydrogen (secondary N) is 1. The van der Waals surface area contributed by atoms with Gasteiger partial charge in [0, 0.05) is 6.54 Å². The number of nitrogens with two attached hydrogens (primary N) is 1. The Hall–Kier alpha value is -1.21. The maximum absolute atomic E-state index is 13.0. The molecule has 0 fully saturated rings. The van der Waals surface area contributed by atoms with Gasteiger partial charge in [-0.15, -0.1) is 0 Å². The van der Waals surface area contributed by atoms with Crippen LogP contribution in [0.25, 0.3) is 0 Å². The standard InChI is InChI=1S/C8H10F2N2O2S/c9-6-2-1-3-7(8(6)10)12-15(13,14)5-4-11/h1-3,12H,4-5,11H2. The van der Waals surface area contributed by atoms with E-state index < -0.39 is 27.3 Å². The summed E-state index contributed by atoms with van der Waals surface area (Å²) in [6.07, 6.45) is 0. The van der Waals surface area contributed by atoms with Crippen molar-refractivity contribution in [1.82, 2.24) is 0 Å². The summed E-state index contributed by atoms with van der Waals surface area (Å²) >= 11 is 0. The molecule has 0 amide bonds. The van der Waals surface area contributed by atoms with Crippen LogP contribution in [0.3, 0.4) is 0 Å². The number of hydrogen-bond donors (Lipinski definition) is 2. The van der Waals surface area contributed by atoms with Crippen LogP contribution < -0.4 is 10.5 Å². The summed E-state index contributed by atoms with van der Waals surface area (Å²) in [6, 6.07) is 3.24. The van der Waals surface area contributed by atoms with Crippen molar-refractivity contribution in [3.63, 3.8) is 0 Å². The van der Waals surface area contributed by atoms with Crippen molar-refractivity contribution in [2.45, 2.75) is 0 Å². The molecule has 0 unspecified atom stereocenters. The van der Waals surface area contributed by atoms with Gasteiger partial charge in [0.25, 0.3) is 0 Å².